The number of rotatable bonds is 8. The van der Waals surface area contributed by atoms with Crippen molar-refractivity contribution in [3.05, 3.63) is 37.0 Å². The highest BCUT2D eigenvalue weighted by molar-refractivity contribution is 5.19. The van der Waals surface area contributed by atoms with Crippen LogP contribution in [0.3, 0.4) is 0 Å². The third-order valence-corrected chi connectivity index (χ3v) is 3.40. The number of nitrogens with one attached hydrogen (secondary N) is 1. The molecule has 17 heavy (non-hydrogen) atoms. The SMILES string of the molecule is C=CC(CC(C)C)C(C)(CC(=C)/C=C\C)NC. The first kappa shape index (κ1) is 16.2. The van der Waals surface area contributed by atoms with E-state index in [0.29, 0.717) is 11.8 Å². The van der Waals surface area contributed by atoms with Crippen LogP contribution in [0.4, 0.5) is 0 Å². The predicted molar refractivity (Wildman–Crippen MR) is 79.2 cm³/mol. The highest BCUT2D eigenvalue weighted by Crippen LogP contribution is 2.30. The molecule has 0 aromatic rings. The normalized spacial score (nSPS) is 17.1. The number of hydrogen-bond donors (Lipinski definition) is 1. The molecule has 0 bridgehead atoms. The summed E-state index contributed by atoms with van der Waals surface area (Å²) in [6.07, 6.45) is 8.33. The summed E-state index contributed by atoms with van der Waals surface area (Å²) < 4.78 is 0. The number of hydrogen-bond acceptors (Lipinski definition) is 1. The van der Waals surface area contributed by atoms with Crippen LogP contribution in [0.2, 0.25) is 0 Å². The molecule has 0 fully saturated rings. The van der Waals surface area contributed by atoms with Crippen LogP contribution in [0, 0.1) is 11.8 Å². The van der Waals surface area contributed by atoms with Crippen molar-refractivity contribution in [2.75, 3.05) is 7.05 Å². The van der Waals surface area contributed by atoms with E-state index in [2.05, 4.69) is 51.4 Å². The fraction of sp³-hybridized carbons (Fsp3) is 0.625. The van der Waals surface area contributed by atoms with E-state index in [4.69, 9.17) is 0 Å². The van der Waals surface area contributed by atoms with E-state index in [9.17, 15) is 0 Å². The van der Waals surface area contributed by atoms with Gasteiger partial charge in [0.1, 0.15) is 0 Å². The third-order valence-electron chi connectivity index (χ3n) is 3.40. The maximum atomic E-state index is 4.11. The highest BCUT2D eigenvalue weighted by atomic mass is 14.9. The largest absolute Gasteiger partial charge is 0.314 e. The minimum Gasteiger partial charge on any atom is -0.314 e. The highest BCUT2D eigenvalue weighted by Gasteiger charge is 2.31. The number of allylic oxidation sites excluding steroid dienone is 2. The molecule has 1 nitrogen and oxygen atoms in total. The quantitative estimate of drug-likeness (QED) is 0.487. The van der Waals surface area contributed by atoms with Crippen molar-refractivity contribution in [2.45, 2.75) is 46.1 Å². The van der Waals surface area contributed by atoms with Crippen molar-refractivity contribution in [1.29, 1.82) is 0 Å². The molecule has 0 aromatic carbocycles. The Morgan fingerprint density at radius 2 is 2.00 bits per heavy atom. The first-order valence-corrected chi connectivity index (χ1v) is 6.51. The molecule has 0 saturated carbocycles. The zero-order valence-electron chi connectivity index (χ0n) is 12.2. The van der Waals surface area contributed by atoms with Gasteiger partial charge in [-0.25, -0.2) is 0 Å². The van der Waals surface area contributed by atoms with Gasteiger partial charge in [-0.1, -0.05) is 44.2 Å². The van der Waals surface area contributed by atoms with Gasteiger partial charge in [-0.3, -0.25) is 0 Å². The predicted octanol–water partition coefficient (Wildman–Crippen LogP) is 4.34. The second kappa shape index (κ2) is 7.50. The second-order valence-electron chi connectivity index (χ2n) is 5.47. The molecule has 0 saturated heterocycles. The summed E-state index contributed by atoms with van der Waals surface area (Å²) in [5.41, 5.74) is 1.21. The van der Waals surface area contributed by atoms with Crippen LogP contribution >= 0.6 is 0 Å². The molecule has 0 spiro atoms. The van der Waals surface area contributed by atoms with Gasteiger partial charge in [0, 0.05) is 5.54 Å². The van der Waals surface area contributed by atoms with Crippen molar-refractivity contribution in [3.63, 3.8) is 0 Å². The first-order chi connectivity index (χ1) is 7.89. The zero-order chi connectivity index (χ0) is 13.5. The Labute approximate surface area is 108 Å². The molecule has 0 aliphatic rings. The van der Waals surface area contributed by atoms with Crippen LogP contribution in [-0.4, -0.2) is 12.6 Å². The van der Waals surface area contributed by atoms with Gasteiger partial charge in [-0.05, 0) is 45.6 Å². The summed E-state index contributed by atoms with van der Waals surface area (Å²) in [6.45, 7) is 16.9. The monoisotopic (exact) mass is 235 g/mol. The molecule has 0 aliphatic carbocycles. The van der Waals surface area contributed by atoms with E-state index >= 15 is 0 Å². The van der Waals surface area contributed by atoms with Crippen LogP contribution in [0.5, 0.6) is 0 Å². The minimum absolute atomic E-state index is 0.0443. The lowest BCUT2D eigenvalue weighted by Gasteiger charge is -2.37. The fourth-order valence-corrected chi connectivity index (χ4v) is 2.30. The molecule has 1 N–H and O–H groups in total. The lowest BCUT2D eigenvalue weighted by Crippen LogP contribution is -2.46. The summed E-state index contributed by atoms with van der Waals surface area (Å²) >= 11 is 0. The molecular formula is C16H29N. The van der Waals surface area contributed by atoms with E-state index in [-0.39, 0.29) is 5.54 Å². The maximum absolute atomic E-state index is 4.11. The fourth-order valence-electron chi connectivity index (χ4n) is 2.30. The smallest absolute Gasteiger partial charge is 0.0252 e. The van der Waals surface area contributed by atoms with Crippen molar-refractivity contribution >= 4 is 0 Å². The average molecular weight is 235 g/mol. The molecule has 0 radical (unpaired) electrons. The van der Waals surface area contributed by atoms with Gasteiger partial charge in [0.15, 0.2) is 0 Å². The van der Waals surface area contributed by atoms with Gasteiger partial charge in [-0.2, -0.15) is 0 Å². The van der Waals surface area contributed by atoms with Crippen molar-refractivity contribution in [1.82, 2.24) is 5.32 Å². The lowest BCUT2D eigenvalue weighted by atomic mass is 9.76. The summed E-state index contributed by atoms with van der Waals surface area (Å²) in [5, 5.41) is 3.46. The van der Waals surface area contributed by atoms with Gasteiger partial charge in [-0.15, -0.1) is 6.58 Å². The third kappa shape index (κ3) is 5.36. The summed E-state index contributed by atoms with van der Waals surface area (Å²) in [4.78, 5) is 0. The Morgan fingerprint density at radius 3 is 2.35 bits per heavy atom. The molecule has 1 heteroatoms. The Morgan fingerprint density at radius 1 is 1.41 bits per heavy atom. The van der Waals surface area contributed by atoms with E-state index in [0.717, 1.165) is 12.8 Å². The minimum atomic E-state index is 0.0443. The lowest BCUT2D eigenvalue weighted by molar-refractivity contribution is 0.254. The standard InChI is InChI=1S/C16H29N/c1-8-10-14(5)12-16(6,17-7)15(9-2)11-13(3)4/h8-10,13,15,17H,2,5,11-12H2,1,3-4,6-7H3/b10-8-. The topological polar surface area (TPSA) is 12.0 Å². The molecule has 98 valence electrons. The van der Waals surface area contributed by atoms with Crippen LogP contribution in [0.15, 0.2) is 37.0 Å². The van der Waals surface area contributed by atoms with Gasteiger partial charge >= 0.3 is 0 Å². The average Bonchev–Trinajstić information content (AvgIpc) is 2.25. The van der Waals surface area contributed by atoms with Crippen LogP contribution in [-0.2, 0) is 0 Å². The maximum Gasteiger partial charge on any atom is 0.0252 e. The van der Waals surface area contributed by atoms with Crippen LogP contribution in [0.25, 0.3) is 0 Å². The van der Waals surface area contributed by atoms with Gasteiger partial charge in [0.2, 0.25) is 0 Å². The van der Waals surface area contributed by atoms with E-state index in [1.165, 1.54) is 5.57 Å². The molecular weight excluding hydrogens is 206 g/mol. The Hall–Kier alpha value is -0.820. The summed E-state index contributed by atoms with van der Waals surface area (Å²) in [7, 11) is 2.03. The van der Waals surface area contributed by atoms with Crippen LogP contribution < -0.4 is 5.32 Å². The van der Waals surface area contributed by atoms with Gasteiger partial charge < -0.3 is 5.32 Å². The van der Waals surface area contributed by atoms with Crippen molar-refractivity contribution in [2.24, 2.45) is 11.8 Å². The molecule has 0 rings (SSSR count). The van der Waals surface area contributed by atoms with Crippen molar-refractivity contribution in [3.8, 4) is 0 Å². The molecule has 2 unspecified atom stereocenters. The Bertz CT molecular complexity index is 275. The van der Waals surface area contributed by atoms with E-state index in [1.54, 1.807) is 0 Å². The summed E-state index contributed by atoms with van der Waals surface area (Å²) in [5.74, 6) is 1.15. The molecule has 0 aliphatic heterocycles. The van der Waals surface area contributed by atoms with Crippen molar-refractivity contribution < 1.29 is 0 Å². The first-order valence-electron chi connectivity index (χ1n) is 6.51. The van der Waals surface area contributed by atoms with Crippen LogP contribution in [0.1, 0.15) is 40.5 Å². The van der Waals surface area contributed by atoms with Gasteiger partial charge in [0.05, 0.1) is 0 Å². The Balaban J connectivity index is 4.83. The van der Waals surface area contributed by atoms with E-state index in [1.807, 2.05) is 20.0 Å². The van der Waals surface area contributed by atoms with Gasteiger partial charge in [0.25, 0.3) is 0 Å². The molecule has 2 atom stereocenters. The van der Waals surface area contributed by atoms with E-state index < -0.39 is 0 Å². The summed E-state index contributed by atoms with van der Waals surface area (Å²) in [6, 6.07) is 0. The zero-order valence-corrected chi connectivity index (χ0v) is 12.2. The molecule has 0 aromatic heterocycles. The second-order valence-corrected chi connectivity index (χ2v) is 5.47. The molecule has 0 heterocycles. The molecule has 0 amide bonds. The Kier molecular flexibility index (Phi) is 7.13.